The molecule has 0 saturated carbocycles. The predicted octanol–water partition coefficient (Wildman–Crippen LogP) is -1.95. The van der Waals surface area contributed by atoms with Gasteiger partial charge in [0.15, 0.2) is 0 Å². The van der Waals surface area contributed by atoms with Gasteiger partial charge in [0, 0.05) is 39.8 Å². The maximum atomic E-state index is 8.88. The summed E-state index contributed by atoms with van der Waals surface area (Å²) >= 11 is 7.92. The Morgan fingerprint density at radius 2 is 1.48 bits per heavy atom. The molecule has 0 rings (SSSR count). The summed E-state index contributed by atoms with van der Waals surface area (Å²) in [6, 6.07) is 0. The van der Waals surface area contributed by atoms with E-state index in [1.807, 2.05) is 23.5 Å². The van der Waals surface area contributed by atoms with Crippen molar-refractivity contribution in [2.75, 3.05) is 34.5 Å². The van der Waals surface area contributed by atoms with Crippen molar-refractivity contribution in [1.29, 1.82) is 0 Å². The van der Waals surface area contributed by atoms with Crippen LogP contribution in [0.1, 0.15) is 0 Å². The summed E-state index contributed by atoms with van der Waals surface area (Å²) in [5, 5.41) is 21.0. The van der Waals surface area contributed by atoms with E-state index in [-0.39, 0.29) is 5.17 Å². The first-order chi connectivity index (χ1) is 9.91. The van der Waals surface area contributed by atoms with Crippen molar-refractivity contribution in [3.05, 3.63) is 5.41 Å². The molecule has 0 aromatic heterocycles. The molecule has 11 heteroatoms. The molecule has 1 atom stereocenters. The van der Waals surface area contributed by atoms with Crippen LogP contribution < -0.4 is 28.0 Å². The smallest absolute Gasteiger partial charge is 0.299 e. The highest BCUT2D eigenvalue weighted by Crippen LogP contribution is 2.22. The minimum Gasteiger partial charge on any atom is -0.490 e. The second kappa shape index (κ2) is 13.8. The lowest BCUT2D eigenvalue weighted by Gasteiger charge is -2.14. The van der Waals surface area contributed by atoms with Crippen LogP contribution in [0.4, 0.5) is 0 Å². The molecule has 0 spiro atoms. The molecule has 0 aliphatic rings. The quantitative estimate of drug-likeness (QED) is 0.156. The van der Waals surface area contributed by atoms with Crippen LogP contribution >= 0.6 is 58.8 Å². The van der Waals surface area contributed by atoms with Crippen molar-refractivity contribution in [2.24, 2.45) is 17.2 Å². The van der Waals surface area contributed by atoms with Gasteiger partial charge >= 0.3 is 0 Å². The van der Waals surface area contributed by atoms with Crippen LogP contribution in [0.15, 0.2) is 0 Å². The molecular weight excluding hydrogens is 364 g/mol. The summed E-state index contributed by atoms with van der Waals surface area (Å²) in [6.45, 7) is 0. The Hall–Kier alpha value is 0.160. The highest BCUT2D eigenvalue weighted by atomic mass is 32.2. The summed E-state index contributed by atoms with van der Waals surface area (Å²) in [6.07, 6.45) is 0. The van der Waals surface area contributed by atoms with E-state index in [0.717, 1.165) is 34.5 Å². The second-order valence-corrected chi connectivity index (χ2v) is 9.65. The molecule has 0 radical (unpaired) electrons. The summed E-state index contributed by atoms with van der Waals surface area (Å²) in [5.74, 6) is 5.50. The van der Waals surface area contributed by atoms with Gasteiger partial charge in [-0.3, -0.25) is 22.3 Å². The Bertz CT molecular complexity index is 340. The molecule has 0 bridgehead atoms. The first-order valence-electron chi connectivity index (χ1n) is 6.06. The van der Waals surface area contributed by atoms with E-state index in [9.17, 15) is 0 Å². The minimum absolute atomic E-state index is 0.0739. The molecule has 0 aliphatic carbocycles. The molecule has 1 unspecified atom stereocenters. The maximum Gasteiger partial charge on any atom is 0.299 e. The third kappa shape index (κ3) is 16.4. The van der Waals surface area contributed by atoms with Crippen molar-refractivity contribution < 1.29 is 10.8 Å². The van der Waals surface area contributed by atoms with Gasteiger partial charge in [-0.05, 0) is 28.7 Å². The van der Waals surface area contributed by atoms with Gasteiger partial charge in [-0.25, -0.2) is 0 Å². The number of rotatable bonds is 11. The third-order valence-corrected chi connectivity index (χ3v) is 7.59. The van der Waals surface area contributed by atoms with Crippen molar-refractivity contribution in [3.63, 3.8) is 0 Å². The van der Waals surface area contributed by atoms with Crippen molar-refractivity contribution in [3.8, 4) is 0 Å². The van der Waals surface area contributed by atoms with Gasteiger partial charge in [-0.2, -0.15) is 23.5 Å². The molecule has 0 aromatic rings. The van der Waals surface area contributed by atoms with Crippen LogP contribution in [-0.2, 0) is 0 Å². The van der Waals surface area contributed by atoms with E-state index in [1.165, 1.54) is 35.3 Å². The van der Waals surface area contributed by atoms with Gasteiger partial charge in [0.05, 0.1) is 0 Å². The van der Waals surface area contributed by atoms with Gasteiger partial charge in [0.25, 0.3) is 10.3 Å². The SMILES string of the molecule is [N-]=C(N)SCCSCC(CSC(N)=[NH2+])SCCSC(N)=[NH2+]. The molecule has 0 aromatic carbocycles. The van der Waals surface area contributed by atoms with E-state index in [0.29, 0.717) is 15.6 Å². The zero-order valence-electron chi connectivity index (χ0n) is 11.7. The number of hydrogen-bond donors (Lipinski definition) is 5. The Morgan fingerprint density at radius 3 is 2.05 bits per heavy atom. The van der Waals surface area contributed by atoms with Crippen LogP contribution in [0.5, 0.6) is 0 Å². The summed E-state index contributed by atoms with van der Waals surface area (Å²) in [4.78, 5) is 0. The summed E-state index contributed by atoms with van der Waals surface area (Å²) < 4.78 is 0. The first-order valence-corrected chi connectivity index (χ1v) is 11.2. The Morgan fingerprint density at radius 1 is 0.857 bits per heavy atom. The average Bonchev–Trinajstić information content (AvgIpc) is 2.38. The largest absolute Gasteiger partial charge is 0.490 e. The normalized spacial score (nSPS) is 12.0. The van der Waals surface area contributed by atoms with Crippen molar-refractivity contribution in [2.45, 2.75) is 5.25 Å². The van der Waals surface area contributed by atoms with Gasteiger partial charge < -0.3 is 11.1 Å². The van der Waals surface area contributed by atoms with Crippen LogP contribution in [-0.4, -0.2) is 55.3 Å². The molecule has 122 valence electrons. The van der Waals surface area contributed by atoms with Gasteiger partial charge in [0.1, 0.15) is 0 Å². The number of nitrogens with two attached hydrogens (primary N) is 5. The zero-order chi connectivity index (χ0) is 16.1. The van der Waals surface area contributed by atoms with Crippen LogP contribution in [0.25, 0.3) is 5.41 Å². The van der Waals surface area contributed by atoms with Crippen LogP contribution in [0.2, 0.25) is 0 Å². The van der Waals surface area contributed by atoms with Crippen molar-refractivity contribution in [1.82, 2.24) is 0 Å². The lowest BCUT2D eigenvalue weighted by atomic mass is 10.5. The van der Waals surface area contributed by atoms with Crippen LogP contribution in [0.3, 0.4) is 0 Å². The summed E-state index contributed by atoms with van der Waals surface area (Å²) in [7, 11) is 0. The third-order valence-electron chi connectivity index (χ3n) is 1.92. The standard InChI is InChI=1S/C10H21N6S5/c11-8(12)19-2-1-17-5-7(6-21-10(15)16)18-3-4-20-9(13)14/h7H,1-6H2,(H8-,11,12,13,14,15,16)/q-1/p+2. The first kappa shape index (κ1) is 21.2. The molecule has 21 heavy (non-hydrogen) atoms. The molecule has 6 nitrogen and oxygen atoms in total. The van der Waals surface area contributed by atoms with Crippen LogP contribution in [0, 0.1) is 0 Å². The molecular formula is C10H23N6S5+. The highest BCUT2D eigenvalue weighted by Gasteiger charge is 2.12. The number of nitrogens with zero attached hydrogens (tertiary/aromatic N) is 1. The molecule has 0 heterocycles. The molecule has 0 saturated heterocycles. The lowest BCUT2D eigenvalue weighted by molar-refractivity contribution is -0.110. The Labute approximate surface area is 147 Å². The molecule has 0 aliphatic heterocycles. The topological polar surface area (TPSA) is 152 Å². The van der Waals surface area contributed by atoms with E-state index in [1.54, 1.807) is 0 Å². The Balaban J connectivity index is 3.87. The van der Waals surface area contributed by atoms with E-state index in [4.69, 9.17) is 33.4 Å². The van der Waals surface area contributed by atoms with E-state index in [2.05, 4.69) is 0 Å². The number of thioether (sulfide) groups is 5. The average molecular weight is 388 g/mol. The fourth-order valence-electron chi connectivity index (χ4n) is 1.13. The zero-order valence-corrected chi connectivity index (χ0v) is 15.8. The number of hydrogen-bond acceptors (Lipinski definition) is 5. The van der Waals surface area contributed by atoms with E-state index >= 15 is 0 Å². The van der Waals surface area contributed by atoms with Gasteiger partial charge in [-0.15, -0.1) is 11.8 Å². The Kier molecular flexibility index (Phi) is 13.9. The van der Waals surface area contributed by atoms with Gasteiger partial charge in [0.2, 0.25) is 0 Å². The highest BCUT2D eigenvalue weighted by molar-refractivity contribution is 8.15. The minimum atomic E-state index is -0.0739. The molecule has 10 N–H and O–H groups in total. The predicted molar refractivity (Wildman–Crippen MR) is 106 cm³/mol. The molecule has 0 fully saturated rings. The fraction of sp³-hybridized carbons (Fsp3) is 0.700. The van der Waals surface area contributed by atoms with Crippen molar-refractivity contribution >= 4 is 74.3 Å². The molecule has 0 amide bonds. The van der Waals surface area contributed by atoms with Gasteiger partial charge in [-0.1, -0.05) is 0 Å². The number of amidine groups is 3. The van der Waals surface area contributed by atoms with E-state index < -0.39 is 0 Å². The maximum absolute atomic E-state index is 8.88. The lowest BCUT2D eigenvalue weighted by Crippen LogP contribution is -2.43. The second-order valence-electron chi connectivity index (χ2n) is 3.72. The fourth-order valence-corrected chi connectivity index (χ4v) is 5.88. The summed E-state index contributed by atoms with van der Waals surface area (Å²) in [5.41, 5.74) is 16.1. The monoisotopic (exact) mass is 387 g/mol.